The van der Waals surface area contributed by atoms with Crippen LogP contribution in [0, 0.1) is 17.0 Å². The number of carbonyl (C=O) groups is 2. The fourth-order valence-corrected chi connectivity index (χ4v) is 3.04. The number of carbonyl (C=O) groups excluding carboxylic acids is 2. The third-order valence-electron chi connectivity index (χ3n) is 3.86. The first-order valence-corrected chi connectivity index (χ1v) is 10.4. The van der Waals surface area contributed by atoms with Crippen LogP contribution in [0.5, 0.6) is 5.75 Å². The van der Waals surface area contributed by atoms with Crippen molar-refractivity contribution in [2.24, 2.45) is 0 Å². The second-order valence-electron chi connectivity index (χ2n) is 6.28. The molecule has 0 aromatic heterocycles. The molecule has 0 aliphatic carbocycles. The van der Waals surface area contributed by atoms with E-state index in [-0.39, 0.29) is 28.4 Å². The highest BCUT2D eigenvalue weighted by molar-refractivity contribution is 7.92. The van der Waals surface area contributed by atoms with Crippen LogP contribution < -0.4 is 20.1 Å². The van der Waals surface area contributed by atoms with E-state index in [2.05, 4.69) is 15.4 Å². The molecule has 11 nitrogen and oxygen atoms in total. The smallest absolute Gasteiger partial charge is 0.273 e. The Morgan fingerprint density at radius 1 is 1.17 bits per heavy atom. The number of sulfonamides is 1. The van der Waals surface area contributed by atoms with E-state index in [1.165, 1.54) is 37.4 Å². The maximum atomic E-state index is 12.2. The third-order valence-corrected chi connectivity index (χ3v) is 4.45. The van der Waals surface area contributed by atoms with Crippen LogP contribution in [0.3, 0.4) is 0 Å². The molecule has 0 unspecified atom stereocenters. The molecule has 30 heavy (non-hydrogen) atoms. The number of ether oxygens (including phenoxy) is 1. The number of hydrogen-bond donors (Lipinski definition) is 3. The molecule has 2 aromatic carbocycles. The normalized spacial score (nSPS) is 10.8. The highest BCUT2D eigenvalue weighted by atomic mass is 32.2. The molecule has 0 heterocycles. The lowest BCUT2D eigenvalue weighted by Gasteiger charge is -2.12. The molecule has 2 amide bonds. The summed E-state index contributed by atoms with van der Waals surface area (Å²) in [6, 6.07) is 8.32. The number of nitro benzene ring substituents is 1. The van der Waals surface area contributed by atoms with Crippen LogP contribution in [0.1, 0.15) is 15.9 Å². The average Bonchev–Trinajstić information content (AvgIpc) is 2.65. The first kappa shape index (κ1) is 22.6. The molecule has 0 bridgehead atoms. The van der Waals surface area contributed by atoms with E-state index < -0.39 is 33.3 Å². The van der Waals surface area contributed by atoms with Gasteiger partial charge in [0.2, 0.25) is 15.9 Å². The number of anilines is 2. The summed E-state index contributed by atoms with van der Waals surface area (Å²) >= 11 is 0. The van der Waals surface area contributed by atoms with Crippen molar-refractivity contribution in [2.75, 3.05) is 29.9 Å². The summed E-state index contributed by atoms with van der Waals surface area (Å²) in [6.45, 7) is 1.15. The van der Waals surface area contributed by atoms with Crippen molar-refractivity contribution >= 4 is 38.9 Å². The Bertz CT molecular complexity index is 1100. The topological polar surface area (TPSA) is 157 Å². The minimum Gasteiger partial charge on any atom is -0.495 e. The summed E-state index contributed by atoms with van der Waals surface area (Å²) in [7, 11) is -2.20. The van der Waals surface area contributed by atoms with Crippen LogP contribution in [-0.2, 0) is 14.8 Å². The van der Waals surface area contributed by atoms with Crippen LogP contribution >= 0.6 is 0 Å². The van der Waals surface area contributed by atoms with Gasteiger partial charge in [0.15, 0.2) is 0 Å². The second kappa shape index (κ2) is 9.22. The maximum Gasteiger partial charge on any atom is 0.273 e. The quantitative estimate of drug-likeness (QED) is 0.419. The molecule has 0 radical (unpaired) electrons. The molecule has 0 aliphatic heterocycles. The number of aryl methyl sites for hydroxylation is 1. The summed E-state index contributed by atoms with van der Waals surface area (Å²) in [6.07, 6.45) is 0.975. The number of amides is 2. The number of nitrogens with one attached hydrogen (secondary N) is 3. The maximum absolute atomic E-state index is 12.2. The Labute approximate surface area is 172 Å². The molecule has 160 valence electrons. The van der Waals surface area contributed by atoms with Crippen LogP contribution in [0.4, 0.5) is 17.1 Å². The average molecular weight is 436 g/mol. The summed E-state index contributed by atoms with van der Waals surface area (Å²) in [5, 5.41) is 15.9. The Morgan fingerprint density at radius 2 is 1.87 bits per heavy atom. The van der Waals surface area contributed by atoms with E-state index in [4.69, 9.17) is 4.74 Å². The minimum absolute atomic E-state index is 0.0455. The van der Waals surface area contributed by atoms with Crippen molar-refractivity contribution in [3.8, 4) is 5.75 Å². The van der Waals surface area contributed by atoms with Gasteiger partial charge in [-0.05, 0) is 31.2 Å². The van der Waals surface area contributed by atoms with Crippen LogP contribution in [0.15, 0.2) is 36.4 Å². The standard InChI is InChI=1S/C18H20N4O7S/c1-11-4-5-12(8-15(11)22(25)26)18(24)19-10-17(23)20-13-6-7-16(29-2)14(9-13)21-30(3,27)28/h4-9,21H,10H2,1-3H3,(H,19,24)(H,20,23). The van der Waals surface area contributed by atoms with Crippen LogP contribution in [0.2, 0.25) is 0 Å². The van der Waals surface area contributed by atoms with Gasteiger partial charge in [-0.15, -0.1) is 0 Å². The molecule has 0 fully saturated rings. The SMILES string of the molecule is COc1ccc(NC(=O)CNC(=O)c2ccc(C)c([N+](=O)[O-])c2)cc1NS(C)(=O)=O. The van der Waals surface area contributed by atoms with Crippen molar-refractivity contribution < 1.29 is 27.7 Å². The largest absolute Gasteiger partial charge is 0.495 e. The lowest BCUT2D eigenvalue weighted by Crippen LogP contribution is -2.32. The first-order valence-electron chi connectivity index (χ1n) is 8.49. The predicted molar refractivity (Wildman–Crippen MR) is 110 cm³/mol. The van der Waals surface area contributed by atoms with Gasteiger partial charge < -0.3 is 15.4 Å². The van der Waals surface area contributed by atoms with Gasteiger partial charge in [0.1, 0.15) is 5.75 Å². The van der Waals surface area contributed by atoms with E-state index in [0.29, 0.717) is 5.56 Å². The van der Waals surface area contributed by atoms with Gasteiger partial charge in [0.25, 0.3) is 11.6 Å². The summed E-state index contributed by atoms with van der Waals surface area (Å²) in [5.41, 5.74) is 0.661. The molecular weight excluding hydrogens is 416 g/mol. The molecule has 3 N–H and O–H groups in total. The highest BCUT2D eigenvalue weighted by Crippen LogP contribution is 2.28. The molecule has 0 saturated carbocycles. The van der Waals surface area contributed by atoms with E-state index in [0.717, 1.165) is 12.3 Å². The van der Waals surface area contributed by atoms with Gasteiger partial charge in [-0.2, -0.15) is 0 Å². The molecule has 2 rings (SSSR count). The van der Waals surface area contributed by atoms with Crippen molar-refractivity contribution in [2.45, 2.75) is 6.92 Å². The highest BCUT2D eigenvalue weighted by Gasteiger charge is 2.16. The Hall–Kier alpha value is -3.67. The molecule has 0 atom stereocenters. The van der Waals surface area contributed by atoms with Crippen molar-refractivity contribution in [1.82, 2.24) is 5.32 Å². The third kappa shape index (κ3) is 6.17. The van der Waals surface area contributed by atoms with Gasteiger partial charge in [-0.25, -0.2) is 8.42 Å². The molecule has 2 aromatic rings. The molecular formula is C18H20N4O7S. The predicted octanol–water partition coefficient (Wildman–Crippen LogP) is 1.65. The lowest BCUT2D eigenvalue weighted by atomic mass is 10.1. The second-order valence-corrected chi connectivity index (χ2v) is 8.03. The molecule has 0 spiro atoms. The summed E-state index contributed by atoms with van der Waals surface area (Å²) in [5.74, 6) is -0.976. The fourth-order valence-electron chi connectivity index (χ4n) is 2.48. The first-order chi connectivity index (χ1) is 14.0. The van der Waals surface area contributed by atoms with E-state index in [1.807, 2.05) is 0 Å². The zero-order valence-electron chi connectivity index (χ0n) is 16.4. The van der Waals surface area contributed by atoms with Gasteiger partial charge in [0.05, 0.1) is 30.5 Å². The number of nitro groups is 1. The number of hydrogen-bond acceptors (Lipinski definition) is 7. The monoisotopic (exact) mass is 436 g/mol. The zero-order chi connectivity index (χ0) is 22.5. The van der Waals surface area contributed by atoms with E-state index >= 15 is 0 Å². The van der Waals surface area contributed by atoms with E-state index in [9.17, 15) is 28.1 Å². The van der Waals surface area contributed by atoms with Gasteiger partial charge in [-0.1, -0.05) is 6.07 Å². The van der Waals surface area contributed by atoms with Gasteiger partial charge in [0, 0.05) is 22.9 Å². The number of rotatable bonds is 8. The summed E-state index contributed by atoms with van der Waals surface area (Å²) in [4.78, 5) is 34.7. The lowest BCUT2D eigenvalue weighted by molar-refractivity contribution is -0.385. The number of methoxy groups -OCH3 is 1. The molecule has 12 heteroatoms. The fraction of sp³-hybridized carbons (Fsp3) is 0.222. The van der Waals surface area contributed by atoms with Gasteiger partial charge in [-0.3, -0.25) is 24.4 Å². The van der Waals surface area contributed by atoms with Crippen molar-refractivity contribution in [1.29, 1.82) is 0 Å². The summed E-state index contributed by atoms with van der Waals surface area (Å²) < 4.78 is 30.3. The van der Waals surface area contributed by atoms with Crippen LogP contribution in [0.25, 0.3) is 0 Å². The minimum atomic E-state index is -3.57. The van der Waals surface area contributed by atoms with Gasteiger partial charge >= 0.3 is 0 Å². The number of nitrogens with zero attached hydrogens (tertiary/aromatic N) is 1. The Balaban J connectivity index is 2.04. The Morgan fingerprint density at radius 3 is 2.47 bits per heavy atom. The van der Waals surface area contributed by atoms with E-state index in [1.54, 1.807) is 6.92 Å². The molecule has 0 aliphatic rings. The number of benzene rings is 2. The van der Waals surface area contributed by atoms with Crippen molar-refractivity contribution in [3.05, 3.63) is 57.6 Å². The molecule has 0 saturated heterocycles. The van der Waals surface area contributed by atoms with Crippen molar-refractivity contribution in [3.63, 3.8) is 0 Å². The Kier molecular flexibility index (Phi) is 6.95. The van der Waals surface area contributed by atoms with Crippen LogP contribution in [-0.4, -0.2) is 45.1 Å². The zero-order valence-corrected chi connectivity index (χ0v) is 17.2.